The third-order valence-electron chi connectivity index (χ3n) is 5.83. The van der Waals surface area contributed by atoms with E-state index in [1.54, 1.807) is 13.2 Å². The summed E-state index contributed by atoms with van der Waals surface area (Å²) in [6.07, 6.45) is 1.69. The summed E-state index contributed by atoms with van der Waals surface area (Å²) < 4.78 is 38.2. The van der Waals surface area contributed by atoms with Crippen LogP contribution in [0.1, 0.15) is 30.0 Å². The first-order chi connectivity index (χ1) is 15.2. The Hall–Kier alpha value is -2.02. The zero-order valence-electron chi connectivity index (χ0n) is 17.3. The molecule has 2 aliphatic carbocycles. The molecule has 1 aromatic heterocycles. The SMILES string of the molecule is CO[C@H]1Cc2cc(Cl)ccc2[C@@H]1Nc1cc(O[C@@H]2CC(COS(N)(=O)=O)[C@@H](O)C2)ncn1. The maximum atomic E-state index is 11.0. The van der Waals surface area contributed by atoms with Gasteiger partial charge in [-0.05, 0) is 29.7 Å². The molecule has 0 radical (unpaired) electrons. The van der Waals surface area contributed by atoms with Gasteiger partial charge in [0.25, 0.3) is 0 Å². The Morgan fingerprint density at radius 3 is 2.84 bits per heavy atom. The van der Waals surface area contributed by atoms with E-state index >= 15 is 0 Å². The molecule has 0 spiro atoms. The van der Waals surface area contributed by atoms with Crippen molar-refractivity contribution in [2.75, 3.05) is 19.0 Å². The lowest BCUT2D eigenvalue weighted by atomic mass is 10.1. The van der Waals surface area contributed by atoms with E-state index in [-0.39, 0.29) is 24.9 Å². The summed E-state index contributed by atoms with van der Waals surface area (Å²) in [6.45, 7) is -0.194. The van der Waals surface area contributed by atoms with E-state index in [4.69, 9.17) is 26.2 Å². The van der Waals surface area contributed by atoms with Crippen LogP contribution in [0.4, 0.5) is 5.82 Å². The Morgan fingerprint density at radius 1 is 1.28 bits per heavy atom. The number of halogens is 1. The van der Waals surface area contributed by atoms with E-state index in [0.717, 1.165) is 17.5 Å². The number of aliphatic hydroxyl groups excluding tert-OH is 1. The van der Waals surface area contributed by atoms with Crippen molar-refractivity contribution in [3.63, 3.8) is 0 Å². The van der Waals surface area contributed by atoms with E-state index in [1.165, 1.54) is 6.33 Å². The molecule has 10 nitrogen and oxygen atoms in total. The van der Waals surface area contributed by atoms with E-state index in [2.05, 4.69) is 19.5 Å². The second-order valence-corrected chi connectivity index (χ2v) is 9.66. The molecule has 12 heteroatoms. The number of fused-ring (bicyclic) bond motifs is 1. The zero-order valence-corrected chi connectivity index (χ0v) is 18.9. The Labute approximate surface area is 191 Å². The highest BCUT2D eigenvalue weighted by molar-refractivity contribution is 7.84. The number of aliphatic hydroxyl groups is 1. The average molecular weight is 485 g/mol. The second-order valence-electron chi connectivity index (χ2n) is 8.00. The monoisotopic (exact) mass is 484 g/mol. The Balaban J connectivity index is 1.41. The largest absolute Gasteiger partial charge is 0.474 e. The van der Waals surface area contributed by atoms with Gasteiger partial charge in [0.15, 0.2) is 0 Å². The third kappa shape index (κ3) is 5.48. The van der Waals surface area contributed by atoms with Gasteiger partial charge in [-0.1, -0.05) is 17.7 Å². The van der Waals surface area contributed by atoms with Gasteiger partial charge in [0.1, 0.15) is 18.2 Å². The lowest BCUT2D eigenvalue weighted by Crippen LogP contribution is -2.24. The van der Waals surface area contributed by atoms with Crippen molar-refractivity contribution in [1.29, 1.82) is 0 Å². The quantitative estimate of drug-likeness (QED) is 0.508. The summed E-state index contributed by atoms with van der Waals surface area (Å²) >= 11 is 6.13. The fourth-order valence-electron chi connectivity index (χ4n) is 4.30. The van der Waals surface area contributed by atoms with Gasteiger partial charge >= 0.3 is 10.3 Å². The number of nitrogens with zero attached hydrogens (tertiary/aromatic N) is 2. The molecule has 0 bridgehead atoms. The molecular weight excluding hydrogens is 460 g/mol. The van der Waals surface area contributed by atoms with Crippen molar-refractivity contribution in [3.8, 4) is 5.88 Å². The summed E-state index contributed by atoms with van der Waals surface area (Å²) in [5, 5.41) is 19.1. The molecule has 1 aromatic carbocycles. The first-order valence-electron chi connectivity index (χ1n) is 10.1. The second kappa shape index (κ2) is 9.46. The van der Waals surface area contributed by atoms with E-state index < -0.39 is 22.3 Å². The minimum Gasteiger partial charge on any atom is -0.474 e. The number of ether oxygens (including phenoxy) is 2. The van der Waals surface area contributed by atoms with Crippen LogP contribution in [-0.2, 0) is 25.6 Å². The normalized spacial score (nSPS) is 27.3. The molecule has 0 aliphatic heterocycles. The van der Waals surface area contributed by atoms with E-state index in [1.807, 2.05) is 18.2 Å². The van der Waals surface area contributed by atoms with Gasteiger partial charge in [0.05, 0.1) is 24.9 Å². The van der Waals surface area contributed by atoms with Crippen molar-refractivity contribution < 1.29 is 27.2 Å². The molecule has 4 rings (SSSR count). The molecular formula is C20H25ClN4O6S. The van der Waals surface area contributed by atoms with Crippen LogP contribution in [-0.4, -0.2) is 55.5 Å². The van der Waals surface area contributed by atoms with Gasteiger partial charge in [-0.15, -0.1) is 0 Å². The summed E-state index contributed by atoms with van der Waals surface area (Å²) in [7, 11) is -2.39. The molecule has 1 fully saturated rings. The van der Waals surface area contributed by atoms with Gasteiger partial charge in [-0.25, -0.2) is 15.1 Å². The first kappa shape index (κ1) is 23.1. The Kier molecular flexibility index (Phi) is 6.84. The zero-order chi connectivity index (χ0) is 22.9. The van der Waals surface area contributed by atoms with Crippen LogP contribution in [0.15, 0.2) is 30.6 Å². The van der Waals surface area contributed by atoms with Gasteiger partial charge in [0, 0.05) is 37.0 Å². The first-order valence-corrected chi connectivity index (χ1v) is 12.0. The lowest BCUT2D eigenvalue weighted by molar-refractivity contribution is 0.0958. The van der Waals surface area contributed by atoms with E-state index in [0.29, 0.717) is 29.6 Å². The van der Waals surface area contributed by atoms with Crippen molar-refractivity contribution >= 4 is 27.7 Å². The average Bonchev–Trinajstić information content (AvgIpc) is 3.25. The highest BCUT2D eigenvalue weighted by atomic mass is 35.5. The van der Waals surface area contributed by atoms with Gasteiger partial charge in [-0.3, -0.25) is 4.18 Å². The summed E-state index contributed by atoms with van der Waals surface area (Å²) in [4.78, 5) is 8.45. The highest BCUT2D eigenvalue weighted by Crippen LogP contribution is 2.37. The number of hydrogen-bond acceptors (Lipinski definition) is 9. The van der Waals surface area contributed by atoms with Crippen LogP contribution in [0, 0.1) is 5.92 Å². The smallest absolute Gasteiger partial charge is 0.333 e. The number of hydrogen-bond donors (Lipinski definition) is 3. The number of benzene rings is 1. The number of aromatic nitrogens is 2. The van der Waals surface area contributed by atoms with Crippen LogP contribution in [0.2, 0.25) is 5.02 Å². The van der Waals surface area contributed by atoms with Gasteiger partial charge in [0.2, 0.25) is 5.88 Å². The van der Waals surface area contributed by atoms with Crippen LogP contribution in [0.5, 0.6) is 5.88 Å². The van der Waals surface area contributed by atoms with Crippen molar-refractivity contribution in [1.82, 2.24) is 9.97 Å². The molecule has 4 N–H and O–H groups in total. The van der Waals surface area contributed by atoms with Crippen molar-refractivity contribution in [3.05, 3.63) is 46.7 Å². The van der Waals surface area contributed by atoms with E-state index in [9.17, 15) is 13.5 Å². The van der Waals surface area contributed by atoms with Crippen molar-refractivity contribution in [2.45, 2.75) is 43.6 Å². The molecule has 0 amide bonds. The molecule has 0 saturated heterocycles. The summed E-state index contributed by atoms with van der Waals surface area (Å²) in [5.74, 6) is 0.510. The number of rotatable bonds is 8. The minimum absolute atomic E-state index is 0.0765. The molecule has 2 aliphatic rings. The summed E-state index contributed by atoms with van der Waals surface area (Å²) in [5.41, 5.74) is 2.22. The standard InChI is InChI=1S/C20H25ClN4O6S/c1-29-17-6-11-4-13(21)2-3-15(11)20(17)25-18-8-19(24-10-23-18)31-14-5-12(16(26)7-14)9-30-32(22,27)28/h2-4,8,10,12,14,16-17,20,26H,5-7,9H2,1H3,(H2,22,27,28)(H,23,24,25)/t12?,14-,16+,17+,20+/m1/s1. The molecule has 2 aromatic rings. The molecule has 5 atom stereocenters. The fourth-order valence-corrected chi connectivity index (χ4v) is 4.86. The Bertz CT molecular complexity index is 1070. The van der Waals surface area contributed by atoms with Gasteiger partial charge in [-0.2, -0.15) is 8.42 Å². The topological polar surface area (TPSA) is 146 Å². The predicted molar refractivity (Wildman–Crippen MR) is 117 cm³/mol. The van der Waals surface area contributed by atoms with Gasteiger partial charge < -0.3 is 19.9 Å². The molecule has 1 unspecified atom stereocenters. The molecule has 32 heavy (non-hydrogen) atoms. The third-order valence-corrected chi connectivity index (χ3v) is 6.53. The molecule has 1 heterocycles. The van der Waals surface area contributed by atoms with Crippen molar-refractivity contribution in [2.24, 2.45) is 11.1 Å². The fraction of sp³-hybridized carbons (Fsp3) is 0.500. The maximum Gasteiger partial charge on any atom is 0.333 e. The minimum atomic E-state index is -4.06. The van der Waals surface area contributed by atoms with Crippen LogP contribution < -0.4 is 15.2 Å². The number of anilines is 1. The summed E-state index contributed by atoms with van der Waals surface area (Å²) in [6, 6.07) is 7.35. The van der Waals surface area contributed by atoms with Crippen LogP contribution >= 0.6 is 11.6 Å². The number of nitrogens with two attached hydrogens (primary N) is 1. The predicted octanol–water partition coefficient (Wildman–Crippen LogP) is 1.59. The molecule has 1 saturated carbocycles. The maximum absolute atomic E-state index is 11.0. The van der Waals surface area contributed by atoms with Crippen LogP contribution in [0.25, 0.3) is 0 Å². The Morgan fingerprint density at radius 2 is 2.09 bits per heavy atom. The number of methoxy groups -OCH3 is 1. The number of nitrogens with one attached hydrogen (secondary N) is 1. The lowest BCUT2D eigenvalue weighted by Gasteiger charge is -2.21. The van der Waals surface area contributed by atoms with Crippen LogP contribution in [0.3, 0.4) is 0 Å². The highest BCUT2D eigenvalue weighted by Gasteiger charge is 2.36. The molecule has 174 valence electrons.